The number of ether oxygens (including phenoxy) is 1. The first-order valence-corrected chi connectivity index (χ1v) is 7.66. The van der Waals surface area contributed by atoms with Crippen molar-refractivity contribution in [3.63, 3.8) is 0 Å². The van der Waals surface area contributed by atoms with E-state index >= 15 is 0 Å². The zero-order valence-corrected chi connectivity index (χ0v) is 13.0. The molecule has 0 unspecified atom stereocenters. The van der Waals surface area contributed by atoms with Gasteiger partial charge in [-0.3, -0.25) is 0 Å². The third-order valence-electron chi connectivity index (χ3n) is 3.22. The van der Waals surface area contributed by atoms with E-state index in [0.29, 0.717) is 5.88 Å². The van der Waals surface area contributed by atoms with Gasteiger partial charge in [-0.15, -0.1) is 11.6 Å². The first-order chi connectivity index (χ1) is 8.70. The molecule has 1 aliphatic rings. The number of anilines is 1. The molecule has 0 aromatic heterocycles. The molecule has 0 amide bonds. The second-order valence-corrected chi connectivity index (χ2v) is 6.03. The van der Waals surface area contributed by atoms with Crippen LogP contribution < -0.4 is 4.90 Å². The third kappa shape index (κ3) is 4.15. The highest BCUT2D eigenvalue weighted by Gasteiger charge is 2.21. The smallest absolute Gasteiger partial charge is 0.0641 e. The van der Waals surface area contributed by atoms with Crippen molar-refractivity contribution in [1.29, 1.82) is 0 Å². The first kappa shape index (κ1) is 14.2. The summed E-state index contributed by atoms with van der Waals surface area (Å²) < 4.78 is 6.75. The van der Waals surface area contributed by atoms with Crippen LogP contribution in [0, 0.1) is 5.92 Å². The van der Waals surface area contributed by atoms with Gasteiger partial charge < -0.3 is 9.64 Å². The van der Waals surface area contributed by atoms with E-state index < -0.39 is 0 Å². The minimum Gasteiger partial charge on any atom is -0.379 e. The summed E-state index contributed by atoms with van der Waals surface area (Å²) in [5.41, 5.74) is 2.33. The summed E-state index contributed by atoms with van der Waals surface area (Å²) in [5, 5.41) is 0. The molecule has 18 heavy (non-hydrogen) atoms. The number of hydrogen-bond acceptors (Lipinski definition) is 2. The van der Waals surface area contributed by atoms with E-state index in [0.717, 1.165) is 35.7 Å². The molecule has 1 fully saturated rings. The Hall–Kier alpha value is -0.250. The number of nitrogens with zero attached hydrogens (tertiary/aromatic N) is 1. The SMILES string of the molecule is CN(CCOCC1CC1)c1cc(Br)ccc1CCl. The van der Waals surface area contributed by atoms with Crippen molar-refractivity contribution in [2.24, 2.45) is 5.92 Å². The quantitative estimate of drug-likeness (QED) is 0.552. The molecule has 100 valence electrons. The highest BCUT2D eigenvalue weighted by Crippen LogP contribution is 2.29. The van der Waals surface area contributed by atoms with Crippen molar-refractivity contribution in [3.05, 3.63) is 28.2 Å². The summed E-state index contributed by atoms with van der Waals surface area (Å²) in [4.78, 5) is 2.20. The van der Waals surface area contributed by atoms with Crippen LogP contribution in [-0.4, -0.2) is 26.8 Å². The van der Waals surface area contributed by atoms with E-state index in [-0.39, 0.29) is 0 Å². The van der Waals surface area contributed by atoms with E-state index in [1.807, 2.05) is 6.07 Å². The molecule has 2 nitrogen and oxygen atoms in total. The van der Waals surface area contributed by atoms with E-state index in [2.05, 4.69) is 40.0 Å². The van der Waals surface area contributed by atoms with Crippen molar-refractivity contribution in [1.82, 2.24) is 0 Å². The van der Waals surface area contributed by atoms with Gasteiger partial charge in [0.15, 0.2) is 0 Å². The number of hydrogen-bond donors (Lipinski definition) is 0. The van der Waals surface area contributed by atoms with Gasteiger partial charge in [0.25, 0.3) is 0 Å². The lowest BCUT2D eigenvalue weighted by molar-refractivity contribution is 0.131. The number of halogens is 2. The number of rotatable bonds is 7. The van der Waals surface area contributed by atoms with Gasteiger partial charge in [0.05, 0.1) is 6.61 Å². The zero-order valence-electron chi connectivity index (χ0n) is 10.7. The van der Waals surface area contributed by atoms with Crippen LogP contribution >= 0.6 is 27.5 Å². The van der Waals surface area contributed by atoms with Crippen molar-refractivity contribution in [2.45, 2.75) is 18.7 Å². The predicted molar refractivity (Wildman–Crippen MR) is 80.5 cm³/mol. The summed E-state index contributed by atoms with van der Waals surface area (Å²) in [7, 11) is 2.08. The van der Waals surface area contributed by atoms with Crippen molar-refractivity contribution < 1.29 is 4.74 Å². The summed E-state index contributed by atoms with van der Waals surface area (Å²) in [6, 6.07) is 6.20. The van der Waals surface area contributed by atoms with Crippen LogP contribution in [0.4, 0.5) is 5.69 Å². The lowest BCUT2D eigenvalue weighted by Crippen LogP contribution is -2.24. The molecule has 0 radical (unpaired) electrons. The van der Waals surface area contributed by atoms with Gasteiger partial charge in [-0.2, -0.15) is 0 Å². The average Bonchev–Trinajstić information content (AvgIpc) is 3.18. The highest BCUT2D eigenvalue weighted by molar-refractivity contribution is 9.10. The standard InChI is InChI=1S/C14H19BrClNO/c1-17(6-7-18-10-11-2-3-11)14-8-13(15)5-4-12(14)9-16/h4-5,8,11H,2-3,6-7,9-10H2,1H3. The van der Waals surface area contributed by atoms with Crippen LogP contribution in [0.1, 0.15) is 18.4 Å². The topological polar surface area (TPSA) is 12.5 Å². The van der Waals surface area contributed by atoms with Gasteiger partial charge in [-0.1, -0.05) is 22.0 Å². The lowest BCUT2D eigenvalue weighted by atomic mass is 10.2. The van der Waals surface area contributed by atoms with E-state index in [1.165, 1.54) is 18.5 Å². The van der Waals surface area contributed by atoms with Gasteiger partial charge in [0.2, 0.25) is 0 Å². The normalized spacial score (nSPS) is 14.8. The molecule has 0 heterocycles. The zero-order chi connectivity index (χ0) is 13.0. The average molecular weight is 333 g/mol. The Kier molecular flexibility index (Phi) is 5.34. The van der Waals surface area contributed by atoms with Gasteiger partial charge in [0.1, 0.15) is 0 Å². The van der Waals surface area contributed by atoms with Crippen LogP contribution in [0.25, 0.3) is 0 Å². The van der Waals surface area contributed by atoms with Crippen LogP contribution in [0.2, 0.25) is 0 Å². The van der Waals surface area contributed by atoms with Crippen LogP contribution in [-0.2, 0) is 10.6 Å². The van der Waals surface area contributed by atoms with Gasteiger partial charge in [-0.05, 0) is 36.5 Å². The second-order valence-electron chi connectivity index (χ2n) is 4.85. The molecule has 4 heteroatoms. The van der Waals surface area contributed by atoms with Crippen molar-refractivity contribution >= 4 is 33.2 Å². The van der Waals surface area contributed by atoms with Gasteiger partial charge in [-0.25, -0.2) is 0 Å². The predicted octanol–water partition coefficient (Wildman–Crippen LogP) is 4.05. The molecule has 0 aliphatic heterocycles. The Labute approximate surface area is 122 Å². The Balaban J connectivity index is 1.85. The molecule has 1 aromatic rings. The fourth-order valence-corrected chi connectivity index (χ4v) is 2.44. The maximum atomic E-state index is 5.97. The summed E-state index contributed by atoms with van der Waals surface area (Å²) >= 11 is 9.47. The molecule has 0 bridgehead atoms. The fourth-order valence-electron chi connectivity index (χ4n) is 1.86. The number of alkyl halides is 1. The first-order valence-electron chi connectivity index (χ1n) is 6.34. The molecule has 0 spiro atoms. The largest absolute Gasteiger partial charge is 0.379 e. The summed E-state index contributed by atoms with van der Waals surface area (Å²) in [6.45, 7) is 2.60. The second kappa shape index (κ2) is 6.78. The van der Waals surface area contributed by atoms with Gasteiger partial charge >= 0.3 is 0 Å². The summed E-state index contributed by atoms with van der Waals surface area (Å²) in [5.74, 6) is 1.37. The van der Waals surface area contributed by atoms with Crippen molar-refractivity contribution in [3.8, 4) is 0 Å². The highest BCUT2D eigenvalue weighted by atomic mass is 79.9. The Morgan fingerprint density at radius 2 is 2.22 bits per heavy atom. The van der Waals surface area contributed by atoms with Crippen LogP contribution in [0.3, 0.4) is 0 Å². The molecule has 1 aliphatic carbocycles. The monoisotopic (exact) mass is 331 g/mol. The molecular formula is C14H19BrClNO. The molecule has 0 N–H and O–H groups in total. The van der Waals surface area contributed by atoms with Gasteiger partial charge in [0, 0.05) is 36.2 Å². The molecule has 1 aromatic carbocycles. The fraction of sp³-hybridized carbons (Fsp3) is 0.571. The van der Waals surface area contributed by atoms with Crippen molar-refractivity contribution in [2.75, 3.05) is 31.7 Å². The third-order valence-corrected chi connectivity index (χ3v) is 4.01. The molecular weight excluding hydrogens is 314 g/mol. The Morgan fingerprint density at radius 1 is 1.44 bits per heavy atom. The number of likely N-dealkylation sites (N-methyl/N-ethyl adjacent to an activating group) is 1. The van der Waals surface area contributed by atoms with E-state index in [4.69, 9.17) is 16.3 Å². The number of benzene rings is 1. The van der Waals surface area contributed by atoms with Crippen LogP contribution in [0.15, 0.2) is 22.7 Å². The van der Waals surface area contributed by atoms with E-state index in [1.54, 1.807) is 0 Å². The molecule has 0 saturated heterocycles. The Bertz CT molecular complexity index is 395. The molecule has 2 rings (SSSR count). The summed E-state index contributed by atoms with van der Waals surface area (Å²) in [6.07, 6.45) is 2.69. The van der Waals surface area contributed by atoms with E-state index in [9.17, 15) is 0 Å². The Morgan fingerprint density at radius 3 is 2.89 bits per heavy atom. The maximum Gasteiger partial charge on any atom is 0.0641 e. The van der Waals surface area contributed by atoms with Crippen LogP contribution in [0.5, 0.6) is 0 Å². The minimum absolute atomic E-state index is 0.538. The molecule has 0 atom stereocenters. The lowest BCUT2D eigenvalue weighted by Gasteiger charge is -2.22. The maximum absolute atomic E-state index is 5.97. The minimum atomic E-state index is 0.538. The molecule has 1 saturated carbocycles.